The number of amides is 1. The Labute approximate surface area is 153 Å². The molecule has 26 heavy (non-hydrogen) atoms. The Balaban J connectivity index is 1.42. The van der Waals surface area contributed by atoms with Gasteiger partial charge in [0.1, 0.15) is 0 Å². The maximum atomic E-state index is 12.8. The maximum Gasteiger partial charge on any atom is 0.255 e. The van der Waals surface area contributed by atoms with Crippen LogP contribution in [-0.4, -0.2) is 69.4 Å². The van der Waals surface area contributed by atoms with E-state index >= 15 is 0 Å². The predicted molar refractivity (Wildman–Crippen MR) is 96.6 cm³/mol. The number of pyridine rings is 1. The van der Waals surface area contributed by atoms with Crippen molar-refractivity contribution < 1.29 is 9.53 Å². The lowest BCUT2D eigenvalue weighted by molar-refractivity contribution is 0.0483. The van der Waals surface area contributed by atoms with E-state index in [0.29, 0.717) is 24.6 Å². The van der Waals surface area contributed by atoms with Crippen LogP contribution in [0.15, 0.2) is 30.9 Å². The predicted octanol–water partition coefficient (Wildman–Crippen LogP) is 1.10. The van der Waals surface area contributed by atoms with E-state index in [1.165, 1.54) is 5.56 Å². The van der Waals surface area contributed by atoms with Crippen molar-refractivity contribution in [3.8, 4) is 0 Å². The van der Waals surface area contributed by atoms with Crippen molar-refractivity contribution in [2.75, 3.05) is 32.8 Å². The molecular formula is C19H25N5O2. The molecule has 4 rings (SSSR count). The van der Waals surface area contributed by atoms with Gasteiger partial charge in [0.25, 0.3) is 5.91 Å². The van der Waals surface area contributed by atoms with Crippen LogP contribution in [0.25, 0.3) is 0 Å². The molecular weight excluding hydrogens is 330 g/mol. The molecule has 2 aliphatic heterocycles. The number of rotatable bonds is 3. The Bertz CT molecular complexity index is 790. The van der Waals surface area contributed by atoms with Crippen LogP contribution in [0.3, 0.4) is 0 Å². The number of likely N-dealkylation sites (tertiary alicyclic amines) is 1. The van der Waals surface area contributed by atoms with E-state index in [9.17, 15) is 4.79 Å². The molecule has 4 heterocycles. The van der Waals surface area contributed by atoms with Gasteiger partial charge >= 0.3 is 0 Å². The Morgan fingerprint density at radius 2 is 2.15 bits per heavy atom. The molecule has 0 unspecified atom stereocenters. The second kappa shape index (κ2) is 7.17. The number of nitrogens with zero attached hydrogens (tertiary/aromatic N) is 5. The molecule has 7 nitrogen and oxygen atoms in total. The van der Waals surface area contributed by atoms with Gasteiger partial charge in [-0.15, -0.1) is 0 Å². The first-order chi connectivity index (χ1) is 12.6. The molecule has 7 heteroatoms. The molecule has 0 aromatic carbocycles. The number of fused-ring (bicyclic) bond motifs is 1. The molecule has 0 spiro atoms. The third-order valence-corrected chi connectivity index (χ3v) is 5.19. The normalized spacial score (nSPS) is 23.7. The number of hydrogen-bond acceptors (Lipinski definition) is 5. The van der Waals surface area contributed by atoms with Gasteiger partial charge in [-0.2, -0.15) is 5.10 Å². The Morgan fingerprint density at radius 3 is 2.92 bits per heavy atom. The van der Waals surface area contributed by atoms with Crippen LogP contribution in [-0.2, 0) is 18.3 Å². The van der Waals surface area contributed by atoms with Crippen molar-refractivity contribution in [3.05, 3.63) is 47.5 Å². The van der Waals surface area contributed by atoms with E-state index in [4.69, 9.17) is 4.74 Å². The molecule has 138 valence electrons. The first kappa shape index (κ1) is 17.2. The van der Waals surface area contributed by atoms with Crippen molar-refractivity contribution in [1.82, 2.24) is 24.6 Å². The number of carbonyl (C=O) groups excluding carboxylic acids is 1. The minimum absolute atomic E-state index is 0.0525. The van der Waals surface area contributed by atoms with Crippen molar-refractivity contribution in [3.63, 3.8) is 0 Å². The summed E-state index contributed by atoms with van der Waals surface area (Å²) >= 11 is 0. The van der Waals surface area contributed by atoms with Crippen LogP contribution in [0.1, 0.15) is 21.5 Å². The highest BCUT2D eigenvalue weighted by atomic mass is 16.5. The van der Waals surface area contributed by atoms with Crippen LogP contribution >= 0.6 is 0 Å². The van der Waals surface area contributed by atoms with E-state index in [1.54, 1.807) is 12.4 Å². The molecule has 2 fully saturated rings. The summed E-state index contributed by atoms with van der Waals surface area (Å²) < 4.78 is 7.90. The fourth-order valence-corrected chi connectivity index (χ4v) is 3.94. The first-order valence-corrected chi connectivity index (χ1v) is 9.11. The summed E-state index contributed by atoms with van der Waals surface area (Å²) in [6, 6.07) is 1.90. The highest BCUT2D eigenvalue weighted by Gasteiger charge is 2.38. The second-order valence-electron chi connectivity index (χ2n) is 7.39. The summed E-state index contributed by atoms with van der Waals surface area (Å²) in [5.74, 6) is 0.396. The van der Waals surface area contributed by atoms with E-state index in [-0.39, 0.29) is 12.0 Å². The standard InChI is InChI=1S/C19H25N5O2/c1-14-5-16(8-20-6-14)19(25)24-12-17-11-23(3-4-26-18(17)13-24)10-15-7-21-22(2)9-15/h5-9,17-18H,3-4,10-13H2,1-2H3/t17-,18+/m1/s1. The lowest BCUT2D eigenvalue weighted by atomic mass is 10.1. The third-order valence-electron chi connectivity index (χ3n) is 5.19. The third kappa shape index (κ3) is 3.64. The average Bonchev–Trinajstić information content (AvgIpc) is 3.16. The van der Waals surface area contributed by atoms with Gasteiger partial charge in [-0.1, -0.05) is 0 Å². The molecule has 0 bridgehead atoms. The molecule has 2 aromatic rings. The van der Waals surface area contributed by atoms with Crippen molar-refractivity contribution in [2.45, 2.75) is 19.6 Å². The monoisotopic (exact) mass is 355 g/mol. The van der Waals surface area contributed by atoms with Crippen molar-refractivity contribution in [1.29, 1.82) is 0 Å². The summed E-state index contributed by atoms with van der Waals surface area (Å²) in [6.45, 7) is 6.79. The Morgan fingerprint density at radius 1 is 1.27 bits per heavy atom. The van der Waals surface area contributed by atoms with Crippen LogP contribution in [0.4, 0.5) is 0 Å². The molecule has 0 radical (unpaired) electrons. The van der Waals surface area contributed by atoms with Gasteiger partial charge in [0, 0.05) is 69.8 Å². The van der Waals surface area contributed by atoms with E-state index in [2.05, 4.69) is 21.2 Å². The van der Waals surface area contributed by atoms with Gasteiger partial charge in [0.15, 0.2) is 0 Å². The minimum atomic E-state index is 0.0525. The van der Waals surface area contributed by atoms with Gasteiger partial charge in [-0.05, 0) is 18.6 Å². The highest BCUT2D eigenvalue weighted by molar-refractivity contribution is 5.94. The fourth-order valence-electron chi connectivity index (χ4n) is 3.94. The fraction of sp³-hybridized carbons (Fsp3) is 0.526. The SMILES string of the molecule is Cc1cncc(C(=O)N2C[C@H]3CN(Cc4cnn(C)c4)CCO[C@H]3C2)c1. The molecule has 0 saturated carbocycles. The number of aromatic nitrogens is 3. The van der Waals surface area contributed by atoms with E-state index in [1.807, 2.05) is 35.8 Å². The summed E-state index contributed by atoms with van der Waals surface area (Å²) in [7, 11) is 1.94. The molecule has 2 atom stereocenters. The summed E-state index contributed by atoms with van der Waals surface area (Å²) in [5, 5.41) is 4.25. The smallest absolute Gasteiger partial charge is 0.255 e. The van der Waals surface area contributed by atoms with Crippen LogP contribution < -0.4 is 0 Å². The average molecular weight is 355 g/mol. The second-order valence-corrected chi connectivity index (χ2v) is 7.39. The molecule has 0 aliphatic carbocycles. The topological polar surface area (TPSA) is 63.5 Å². The number of carbonyl (C=O) groups is 1. The van der Waals surface area contributed by atoms with E-state index in [0.717, 1.165) is 31.7 Å². The Kier molecular flexibility index (Phi) is 4.74. The zero-order chi connectivity index (χ0) is 18.1. The molecule has 2 aromatic heterocycles. The summed E-state index contributed by atoms with van der Waals surface area (Å²) in [5.41, 5.74) is 2.87. The van der Waals surface area contributed by atoms with Crippen molar-refractivity contribution in [2.24, 2.45) is 13.0 Å². The summed E-state index contributed by atoms with van der Waals surface area (Å²) in [6.07, 6.45) is 7.51. The van der Waals surface area contributed by atoms with E-state index < -0.39 is 0 Å². The summed E-state index contributed by atoms with van der Waals surface area (Å²) in [4.78, 5) is 21.3. The van der Waals surface area contributed by atoms with Gasteiger partial charge in [0.05, 0.1) is 24.5 Å². The molecule has 1 amide bonds. The molecule has 2 aliphatic rings. The highest BCUT2D eigenvalue weighted by Crippen LogP contribution is 2.25. The minimum Gasteiger partial charge on any atom is -0.375 e. The molecule has 2 saturated heterocycles. The first-order valence-electron chi connectivity index (χ1n) is 9.11. The lowest BCUT2D eigenvalue weighted by Crippen LogP contribution is -2.33. The van der Waals surface area contributed by atoms with Crippen molar-refractivity contribution >= 4 is 5.91 Å². The largest absolute Gasteiger partial charge is 0.375 e. The van der Waals surface area contributed by atoms with Crippen LogP contribution in [0.5, 0.6) is 0 Å². The zero-order valence-electron chi connectivity index (χ0n) is 15.3. The number of aryl methyl sites for hydroxylation is 2. The maximum absolute atomic E-state index is 12.8. The number of hydrogen-bond donors (Lipinski definition) is 0. The number of ether oxygens (including phenoxy) is 1. The van der Waals surface area contributed by atoms with Crippen LogP contribution in [0.2, 0.25) is 0 Å². The molecule has 0 N–H and O–H groups in total. The zero-order valence-corrected chi connectivity index (χ0v) is 15.3. The van der Waals surface area contributed by atoms with Gasteiger partial charge < -0.3 is 9.64 Å². The van der Waals surface area contributed by atoms with Gasteiger partial charge in [-0.3, -0.25) is 19.4 Å². The Hall–Kier alpha value is -2.25. The van der Waals surface area contributed by atoms with Gasteiger partial charge in [0.2, 0.25) is 0 Å². The quantitative estimate of drug-likeness (QED) is 0.825. The van der Waals surface area contributed by atoms with Gasteiger partial charge in [-0.25, -0.2) is 0 Å². The van der Waals surface area contributed by atoms with Crippen LogP contribution in [0, 0.1) is 12.8 Å². The lowest BCUT2D eigenvalue weighted by Gasteiger charge is -2.22.